The van der Waals surface area contributed by atoms with Gasteiger partial charge in [-0.2, -0.15) is 0 Å². The molecule has 2 rings (SSSR count). The van der Waals surface area contributed by atoms with Crippen LogP contribution in [0.25, 0.3) is 0 Å². The summed E-state index contributed by atoms with van der Waals surface area (Å²) in [6.45, 7) is 0. The molecule has 0 fully saturated rings. The molecule has 0 bridgehead atoms. The van der Waals surface area contributed by atoms with E-state index in [1.54, 1.807) is 18.2 Å². The zero-order valence-electron chi connectivity index (χ0n) is 10.3. The van der Waals surface area contributed by atoms with Crippen LogP contribution >= 0.6 is 43.2 Å². The Bertz CT molecular complexity index is 669. The second-order valence-electron chi connectivity index (χ2n) is 3.73. The number of halogens is 2. The van der Waals surface area contributed by atoms with Gasteiger partial charge in [0.05, 0.1) is 17.7 Å². The van der Waals surface area contributed by atoms with E-state index < -0.39 is 5.97 Å². The third kappa shape index (κ3) is 3.47. The summed E-state index contributed by atoms with van der Waals surface area (Å²) < 4.78 is 6.24. The second-order valence-corrected chi connectivity index (χ2v) is 6.59. The van der Waals surface area contributed by atoms with Crippen LogP contribution < -0.4 is 5.32 Å². The van der Waals surface area contributed by atoms with Crippen LogP contribution in [0.1, 0.15) is 19.3 Å². The Labute approximate surface area is 136 Å². The zero-order valence-corrected chi connectivity index (χ0v) is 14.3. The molecule has 0 aliphatic rings. The van der Waals surface area contributed by atoms with Gasteiger partial charge in [-0.15, -0.1) is 11.3 Å². The Balaban J connectivity index is 2.18. The first-order valence-electron chi connectivity index (χ1n) is 5.46. The number of methoxy groups -OCH3 is 1. The van der Waals surface area contributed by atoms with Gasteiger partial charge in [-0.1, -0.05) is 15.9 Å². The minimum atomic E-state index is -0.447. The lowest BCUT2D eigenvalue weighted by atomic mass is 10.3. The number of carbonyl (C=O) groups is 2. The Morgan fingerprint density at radius 2 is 1.85 bits per heavy atom. The summed E-state index contributed by atoms with van der Waals surface area (Å²) in [6, 6.07) is 8.64. The van der Waals surface area contributed by atoms with E-state index in [4.69, 9.17) is 0 Å². The Morgan fingerprint density at radius 3 is 2.55 bits per heavy atom. The van der Waals surface area contributed by atoms with Crippen LogP contribution in [0.3, 0.4) is 0 Å². The maximum absolute atomic E-state index is 12.1. The number of benzene rings is 1. The fourth-order valence-corrected chi connectivity index (χ4v) is 2.97. The minimum Gasteiger partial charge on any atom is -0.465 e. The summed E-state index contributed by atoms with van der Waals surface area (Å²) in [7, 11) is 1.31. The van der Waals surface area contributed by atoms with Crippen molar-refractivity contribution in [2.24, 2.45) is 0 Å². The molecule has 0 saturated carbocycles. The quantitative estimate of drug-likeness (QED) is 0.755. The molecule has 1 N–H and O–H groups in total. The highest BCUT2D eigenvalue weighted by molar-refractivity contribution is 9.11. The zero-order chi connectivity index (χ0) is 14.7. The van der Waals surface area contributed by atoms with Gasteiger partial charge in [0.2, 0.25) is 0 Å². The van der Waals surface area contributed by atoms with Crippen LogP contribution in [-0.2, 0) is 4.74 Å². The molecule has 1 aromatic carbocycles. The van der Waals surface area contributed by atoms with Gasteiger partial charge in [0.15, 0.2) is 0 Å². The van der Waals surface area contributed by atoms with E-state index in [1.807, 2.05) is 12.1 Å². The summed E-state index contributed by atoms with van der Waals surface area (Å²) in [5, 5.41) is 2.78. The fourth-order valence-electron chi connectivity index (χ4n) is 1.45. The lowest BCUT2D eigenvalue weighted by molar-refractivity contribution is 0.0606. The smallest absolute Gasteiger partial charge is 0.348 e. The largest absolute Gasteiger partial charge is 0.465 e. The van der Waals surface area contributed by atoms with E-state index in [0.717, 1.165) is 20.3 Å². The molecular weight excluding hydrogens is 410 g/mol. The third-order valence-electron chi connectivity index (χ3n) is 2.39. The number of hydrogen-bond donors (Lipinski definition) is 1. The van der Waals surface area contributed by atoms with Crippen LogP contribution in [0.2, 0.25) is 0 Å². The molecule has 1 amide bonds. The molecule has 0 saturated heterocycles. The van der Waals surface area contributed by atoms with E-state index in [1.165, 1.54) is 7.11 Å². The van der Waals surface area contributed by atoms with Gasteiger partial charge in [-0.3, -0.25) is 4.79 Å². The average Bonchev–Trinajstić information content (AvgIpc) is 2.91. The van der Waals surface area contributed by atoms with Gasteiger partial charge < -0.3 is 10.1 Å². The van der Waals surface area contributed by atoms with Crippen molar-refractivity contribution in [3.63, 3.8) is 0 Å². The molecule has 1 aromatic heterocycles. The molecule has 20 heavy (non-hydrogen) atoms. The van der Waals surface area contributed by atoms with Crippen LogP contribution in [0.4, 0.5) is 5.69 Å². The van der Waals surface area contributed by atoms with Crippen LogP contribution in [0.15, 0.2) is 39.3 Å². The van der Waals surface area contributed by atoms with E-state index in [-0.39, 0.29) is 5.91 Å². The number of rotatable bonds is 3. The first-order valence-corrected chi connectivity index (χ1v) is 7.86. The van der Waals surface area contributed by atoms with Crippen molar-refractivity contribution in [2.45, 2.75) is 0 Å². The molecule has 7 heteroatoms. The second kappa shape index (κ2) is 6.51. The minimum absolute atomic E-state index is 0.274. The Morgan fingerprint density at radius 1 is 1.15 bits per heavy atom. The SMILES string of the molecule is COC(=O)c1ccc(C(=O)Nc2cc(Br)ccc2Br)s1. The van der Waals surface area contributed by atoms with Crippen molar-refractivity contribution in [1.29, 1.82) is 0 Å². The number of esters is 1. The van der Waals surface area contributed by atoms with E-state index >= 15 is 0 Å². The molecule has 0 radical (unpaired) electrons. The van der Waals surface area contributed by atoms with Gasteiger partial charge in [0, 0.05) is 8.95 Å². The number of nitrogens with one attached hydrogen (secondary N) is 1. The molecule has 0 unspecified atom stereocenters. The van der Waals surface area contributed by atoms with Crippen molar-refractivity contribution in [2.75, 3.05) is 12.4 Å². The van der Waals surface area contributed by atoms with E-state index in [0.29, 0.717) is 15.4 Å². The number of hydrogen-bond acceptors (Lipinski definition) is 4. The molecule has 2 aromatic rings. The fraction of sp³-hybridized carbons (Fsp3) is 0.0769. The van der Waals surface area contributed by atoms with Crippen molar-refractivity contribution < 1.29 is 14.3 Å². The normalized spacial score (nSPS) is 10.2. The van der Waals surface area contributed by atoms with E-state index in [9.17, 15) is 9.59 Å². The molecule has 0 aliphatic heterocycles. The first-order chi connectivity index (χ1) is 9.51. The molecule has 0 aliphatic carbocycles. The van der Waals surface area contributed by atoms with Crippen LogP contribution in [0.5, 0.6) is 0 Å². The molecule has 0 spiro atoms. The predicted molar refractivity (Wildman–Crippen MR) is 85.5 cm³/mol. The van der Waals surface area contributed by atoms with Gasteiger partial charge >= 0.3 is 5.97 Å². The molecular formula is C13H9Br2NO3S. The van der Waals surface area contributed by atoms with Crippen molar-refractivity contribution in [1.82, 2.24) is 0 Å². The summed E-state index contributed by atoms with van der Waals surface area (Å²) >= 11 is 7.80. The Hall–Kier alpha value is -1.18. The molecule has 4 nitrogen and oxygen atoms in total. The first kappa shape index (κ1) is 15.2. The van der Waals surface area contributed by atoms with Crippen molar-refractivity contribution >= 4 is 60.8 Å². The topological polar surface area (TPSA) is 55.4 Å². The number of carbonyl (C=O) groups excluding carboxylic acids is 2. The lowest BCUT2D eigenvalue weighted by Gasteiger charge is -2.06. The number of anilines is 1. The predicted octanol–water partition coefficient (Wildman–Crippen LogP) is 4.31. The maximum atomic E-state index is 12.1. The average molecular weight is 419 g/mol. The summed E-state index contributed by atoms with van der Waals surface area (Å²) in [4.78, 5) is 24.3. The highest BCUT2D eigenvalue weighted by Crippen LogP contribution is 2.27. The summed E-state index contributed by atoms with van der Waals surface area (Å²) in [5.41, 5.74) is 0.650. The molecule has 0 atom stereocenters. The number of thiophene rings is 1. The number of ether oxygens (including phenoxy) is 1. The molecule has 104 valence electrons. The van der Waals surface area contributed by atoms with Crippen molar-refractivity contribution in [3.8, 4) is 0 Å². The van der Waals surface area contributed by atoms with Crippen LogP contribution in [0, 0.1) is 0 Å². The van der Waals surface area contributed by atoms with Crippen LogP contribution in [-0.4, -0.2) is 19.0 Å². The Kier molecular flexibility index (Phi) is 4.95. The summed E-state index contributed by atoms with van der Waals surface area (Å²) in [6.07, 6.45) is 0. The van der Waals surface area contributed by atoms with Gasteiger partial charge in [-0.05, 0) is 46.3 Å². The standard InChI is InChI=1S/C13H9Br2NO3S/c1-19-13(18)11-5-4-10(20-11)12(17)16-9-6-7(14)2-3-8(9)15/h2-6H,1H3,(H,16,17). The monoisotopic (exact) mass is 417 g/mol. The number of amides is 1. The van der Waals surface area contributed by atoms with Crippen molar-refractivity contribution in [3.05, 3.63) is 49.0 Å². The maximum Gasteiger partial charge on any atom is 0.348 e. The lowest BCUT2D eigenvalue weighted by Crippen LogP contribution is -2.10. The van der Waals surface area contributed by atoms with Gasteiger partial charge in [0.25, 0.3) is 5.91 Å². The van der Waals surface area contributed by atoms with Gasteiger partial charge in [-0.25, -0.2) is 4.79 Å². The summed E-state index contributed by atoms with van der Waals surface area (Å²) in [5.74, 6) is -0.721. The highest BCUT2D eigenvalue weighted by atomic mass is 79.9. The third-order valence-corrected chi connectivity index (χ3v) is 4.64. The molecule has 1 heterocycles. The van der Waals surface area contributed by atoms with E-state index in [2.05, 4.69) is 41.9 Å². The van der Waals surface area contributed by atoms with Gasteiger partial charge in [0.1, 0.15) is 4.88 Å². The highest BCUT2D eigenvalue weighted by Gasteiger charge is 2.15.